The highest BCUT2D eigenvalue weighted by molar-refractivity contribution is 6.48. The molecular weight excluding hydrogens is 407 g/mol. The molecule has 1 aromatic rings. The SMILES string of the molecule is CCC(=O)C[C@@H](Cc1cccc(C(=O)OC)c1OC)B1O[C@@H]2C[C@@H]3C[C@@H](C3(C)C)[C@]2(C)O1. The summed E-state index contributed by atoms with van der Waals surface area (Å²) < 4.78 is 23.7. The van der Waals surface area contributed by atoms with Crippen LogP contribution >= 0.6 is 0 Å². The van der Waals surface area contributed by atoms with Gasteiger partial charge in [-0.15, -0.1) is 0 Å². The van der Waals surface area contributed by atoms with Crippen molar-refractivity contribution >= 4 is 18.9 Å². The van der Waals surface area contributed by atoms with Crippen molar-refractivity contribution in [3.05, 3.63) is 29.3 Å². The highest BCUT2D eigenvalue weighted by Gasteiger charge is 2.68. The zero-order chi connectivity index (χ0) is 23.3. The monoisotopic (exact) mass is 442 g/mol. The molecule has 4 aliphatic rings. The third-order valence-electron chi connectivity index (χ3n) is 8.43. The molecule has 7 heteroatoms. The van der Waals surface area contributed by atoms with Crippen molar-refractivity contribution in [3.8, 4) is 5.75 Å². The van der Waals surface area contributed by atoms with Crippen LogP contribution in [0.15, 0.2) is 18.2 Å². The summed E-state index contributed by atoms with van der Waals surface area (Å²) in [6, 6.07) is 5.43. The Kier molecular flexibility index (Phi) is 6.18. The van der Waals surface area contributed by atoms with Gasteiger partial charge in [-0.3, -0.25) is 4.79 Å². The summed E-state index contributed by atoms with van der Waals surface area (Å²) >= 11 is 0. The third-order valence-corrected chi connectivity index (χ3v) is 8.43. The molecule has 0 N–H and O–H groups in total. The highest BCUT2D eigenvalue weighted by atomic mass is 16.7. The fourth-order valence-corrected chi connectivity index (χ4v) is 6.34. The van der Waals surface area contributed by atoms with Crippen LogP contribution in [0.4, 0.5) is 0 Å². The van der Waals surface area contributed by atoms with Crippen molar-refractivity contribution in [1.29, 1.82) is 0 Å². The van der Waals surface area contributed by atoms with Crippen molar-refractivity contribution in [2.45, 2.75) is 77.3 Å². The molecule has 2 bridgehead atoms. The van der Waals surface area contributed by atoms with E-state index in [2.05, 4.69) is 20.8 Å². The van der Waals surface area contributed by atoms with E-state index in [1.165, 1.54) is 13.5 Å². The Bertz CT molecular complexity index is 898. The van der Waals surface area contributed by atoms with Gasteiger partial charge in [0.1, 0.15) is 17.1 Å². The van der Waals surface area contributed by atoms with Crippen LogP contribution < -0.4 is 4.74 Å². The molecule has 0 amide bonds. The van der Waals surface area contributed by atoms with Crippen molar-refractivity contribution < 1.29 is 28.4 Å². The first-order valence-electron chi connectivity index (χ1n) is 11.7. The van der Waals surface area contributed by atoms with Crippen LogP contribution in [-0.4, -0.2) is 44.8 Å². The second-order valence-electron chi connectivity index (χ2n) is 10.4. The van der Waals surface area contributed by atoms with Gasteiger partial charge in [-0.2, -0.15) is 0 Å². The number of para-hydroxylation sites is 1. The van der Waals surface area contributed by atoms with Crippen molar-refractivity contribution in [3.63, 3.8) is 0 Å². The predicted octanol–water partition coefficient (Wildman–Crippen LogP) is 4.49. The van der Waals surface area contributed by atoms with Gasteiger partial charge in [0.05, 0.1) is 25.9 Å². The summed E-state index contributed by atoms with van der Waals surface area (Å²) in [5.74, 6) is 1.18. The Balaban J connectivity index is 1.61. The minimum absolute atomic E-state index is 0.0619. The van der Waals surface area contributed by atoms with Gasteiger partial charge >= 0.3 is 13.1 Å². The van der Waals surface area contributed by atoms with Crippen LogP contribution in [0.1, 0.15) is 69.3 Å². The van der Waals surface area contributed by atoms with Crippen LogP contribution in [-0.2, 0) is 25.3 Å². The number of ketones is 1. The summed E-state index contributed by atoms with van der Waals surface area (Å²) in [5, 5.41) is 0. The molecule has 1 heterocycles. The van der Waals surface area contributed by atoms with Crippen molar-refractivity contribution in [1.82, 2.24) is 0 Å². The zero-order valence-electron chi connectivity index (χ0n) is 20.1. The molecule has 6 nitrogen and oxygen atoms in total. The maximum absolute atomic E-state index is 12.5. The average Bonchev–Trinajstić information content (AvgIpc) is 3.14. The fraction of sp³-hybridized carbons (Fsp3) is 0.680. The van der Waals surface area contributed by atoms with E-state index < -0.39 is 13.1 Å². The molecular formula is C25H35BO6. The van der Waals surface area contributed by atoms with E-state index in [1.54, 1.807) is 13.2 Å². The number of benzene rings is 1. The van der Waals surface area contributed by atoms with Crippen LogP contribution in [0.3, 0.4) is 0 Å². The number of methoxy groups -OCH3 is 2. The second-order valence-corrected chi connectivity index (χ2v) is 10.4. The largest absolute Gasteiger partial charge is 0.496 e. The molecule has 4 fully saturated rings. The van der Waals surface area contributed by atoms with E-state index in [0.29, 0.717) is 42.4 Å². The van der Waals surface area contributed by atoms with Crippen molar-refractivity contribution in [2.24, 2.45) is 17.3 Å². The standard InChI is InChI=1S/C25H35BO6/c1-7-18(27)14-17(11-15-9-8-10-19(22(15)29-5)23(28)30-6)26-31-21-13-16-12-20(24(16,2)3)25(21,4)32-26/h8-10,16-17,20-21H,7,11-14H2,1-6H3/t16-,17+,20-,21+,25-/m0/s1. The summed E-state index contributed by atoms with van der Waals surface area (Å²) in [6.07, 6.45) is 3.61. The Labute approximate surface area is 191 Å². The molecule has 1 aromatic carbocycles. The first-order valence-corrected chi connectivity index (χ1v) is 11.7. The molecule has 0 aromatic heterocycles. The average molecular weight is 442 g/mol. The molecule has 5 rings (SSSR count). The van der Waals surface area contributed by atoms with E-state index in [9.17, 15) is 9.59 Å². The number of rotatable bonds is 8. The number of esters is 1. The number of hydrogen-bond donors (Lipinski definition) is 0. The van der Waals surface area contributed by atoms with Gasteiger partial charge in [-0.25, -0.2) is 4.79 Å². The lowest BCUT2D eigenvalue weighted by molar-refractivity contribution is -0.199. The van der Waals surface area contributed by atoms with E-state index in [-0.39, 0.29) is 28.7 Å². The van der Waals surface area contributed by atoms with Crippen molar-refractivity contribution in [2.75, 3.05) is 14.2 Å². The van der Waals surface area contributed by atoms with Gasteiger partial charge in [-0.05, 0) is 55.1 Å². The molecule has 0 spiro atoms. The smallest absolute Gasteiger partial charge is 0.461 e. The van der Waals surface area contributed by atoms with Crippen LogP contribution in [0.25, 0.3) is 0 Å². The zero-order valence-corrected chi connectivity index (χ0v) is 20.1. The first kappa shape index (κ1) is 23.3. The highest BCUT2D eigenvalue weighted by Crippen LogP contribution is 2.66. The van der Waals surface area contributed by atoms with Gasteiger partial charge in [0, 0.05) is 18.7 Å². The molecule has 174 valence electrons. The molecule has 5 atom stereocenters. The number of carbonyl (C=O) groups is 2. The predicted molar refractivity (Wildman–Crippen MR) is 122 cm³/mol. The van der Waals surface area contributed by atoms with E-state index in [4.69, 9.17) is 18.8 Å². The van der Waals surface area contributed by atoms with Crippen LogP contribution in [0, 0.1) is 17.3 Å². The summed E-state index contributed by atoms with van der Waals surface area (Å²) in [4.78, 5) is 24.7. The number of ether oxygens (including phenoxy) is 2. The van der Waals surface area contributed by atoms with Gasteiger partial charge in [0.25, 0.3) is 0 Å². The number of Topliss-reactive ketones (excluding diaryl/α,β-unsaturated/α-hetero) is 1. The minimum atomic E-state index is -0.456. The quantitative estimate of drug-likeness (QED) is 0.436. The van der Waals surface area contributed by atoms with Crippen LogP contribution in [0.2, 0.25) is 5.82 Å². The van der Waals surface area contributed by atoms with Gasteiger partial charge in [0.15, 0.2) is 0 Å². The maximum atomic E-state index is 12.5. The second kappa shape index (κ2) is 8.49. The number of hydrogen-bond acceptors (Lipinski definition) is 6. The topological polar surface area (TPSA) is 71.1 Å². The fourth-order valence-electron chi connectivity index (χ4n) is 6.34. The minimum Gasteiger partial charge on any atom is -0.496 e. The van der Waals surface area contributed by atoms with E-state index in [1.807, 2.05) is 19.1 Å². The van der Waals surface area contributed by atoms with E-state index in [0.717, 1.165) is 12.0 Å². The van der Waals surface area contributed by atoms with Crippen LogP contribution in [0.5, 0.6) is 5.75 Å². The number of carbonyl (C=O) groups excluding carboxylic acids is 2. The Morgan fingerprint density at radius 2 is 1.97 bits per heavy atom. The Morgan fingerprint density at radius 1 is 1.22 bits per heavy atom. The van der Waals surface area contributed by atoms with Gasteiger partial charge in [0.2, 0.25) is 0 Å². The Hall–Kier alpha value is -1.86. The first-order chi connectivity index (χ1) is 15.1. The maximum Gasteiger partial charge on any atom is 0.461 e. The molecule has 1 aliphatic heterocycles. The molecule has 1 saturated heterocycles. The lowest BCUT2D eigenvalue weighted by atomic mass is 9.43. The van der Waals surface area contributed by atoms with Gasteiger partial charge < -0.3 is 18.8 Å². The Morgan fingerprint density at radius 3 is 2.59 bits per heavy atom. The lowest BCUT2D eigenvalue weighted by Crippen LogP contribution is -2.65. The van der Waals surface area contributed by atoms with E-state index >= 15 is 0 Å². The molecule has 32 heavy (non-hydrogen) atoms. The lowest BCUT2D eigenvalue weighted by Gasteiger charge is -2.64. The molecule has 3 aliphatic carbocycles. The molecule has 0 unspecified atom stereocenters. The summed E-state index contributed by atoms with van der Waals surface area (Å²) in [6.45, 7) is 8.75. The normalized spacial score (nSPS) is 30.8. The summed E-state index contributed by atoms with van der Waals surface area (Å²) in [7, 11) is 2.44. The van der Waals surface area contributed by atoms with Gasteiger partial charge in [-0.1, -0.05) is 32.9 Å². The summed E-state index contributed by atoms with van der Waals surface area (Å²) in [5.41, 5.74) is 1.16. The third kappa shape index (κ3) is 3.67. The molecule has 0 radical (unpaired) electrons. The molecule has 3 saturated carbocycles.